The summed E-state index contributed by atoms with van der Waals surface area (Å²) in [6.07, 6.45) is 5.45. The van der Waals surface area contributed by atoms with Gasteiger partial charge in [-0.3, -0.25) is 0 Å². The van der Waals surface area contributed by atoms with E-state index in [0.717, 1.165) is 5.70 Å². The van der Waals surface area contributed by atoms with E-state index in [1.165, 1.54) is 0 Å². The molecule has 2 nitrogen and oxygen atoms in total. The van der Waals surface area contributed by atoms with Crippen LogP contribution in [0.3, 0.4) is 0 Å². The predicted octanol–water partition coefficient (Wildman–Crippen LogP) is 0.930. The van der Waals surface area contributed by atoms with Crippen molar-refractivity contribution in [3.63, 3.8) is 0 Å². The third-order valence-electron chi connectivity index (χ3n) is 0.574. The van der Waals surface area contributed by atoms with Gasteiger partial charge in [0.25, 0.3) is 0 Å². The van der Waals surface area contributed by atoms with E-state index in [1.54, 1.807) is 6.20 Å². The molecule has 0 spiro atoms. The number of rotatable bonds is 2. The summed E-state index contributed by atoms with van der Waals surface area (Å²) in [6, 6.07) is 0. The molecule has 3 N–H and O–H groups in total. The van der Waals surface area contributed by atoms with Crippen LogP contribution in [0.2, 0.25) is 0 Å². The van der Waals surface area contributed by atoms with E-state index < -0.39 is 0 Å². The molecular weight excluding hydrogens is 100 g/mol. The van der Waals surface area contributed by atoms with Gasteiger partial charge in [0.15, 0.2) is 0 Å². The lowest BCUT2D eigenvalue weighted by Gasteiger charge is -1.88. The van der Waals surface area contributed by atoms with Crippen LogP contribution >= 0.6 is 0 Å². The molecule has 0 aromatic heterocycles. The number of allylic oxidation sites excluding steroid dienone is 2. The molecule has 0 saturated carbocycles. The van der Waals surface area contributed by atoms with Gasteiger partial charge in [0, 0.05) is 11.9 Å². The Hall–Kier alpha value is -0.920. The van der Waals surface area contributed by atoms with Crippen molar-refractivity contribution in [1.29, 1.82) is 0 Å². The maximum Gasteiger partial charge on any atom is 0.0212 e. The van der Waals surface area contributed by atoms with Crippen LogP contribution in [0.15, 0.2) is 24.2 Å². The van der Waals surface area contributed by atoms with Gasteiger partial charge in [-0.15, -0.1) is 0 Å². The highest BCUT2D eigenvalue weighted by Crippen LogP contribution is 1.73. The summed E-state index contributed by atoms with van der Waals surface area (Å²) >= 11 is 0. The van der Waals surface area contributed by atoms with Crippen molar-refractivity contribution in [3.8, 4) is 0 Å². The number of hydrogen-bond acceptors (Lipinski definition) is 2. The van der Waals surface area contributed by atoms with Gasteiger partial charge in [0.2, 0.25) is 0 Å². The van der Waals surface area contributed by atoms with Gasteiger partial charge in [-0.05, 0) is 20.0 Å². The molecule has 0 saturated heterocycles. The van der Waals surface area contributed by atoms with Gasteiger partial charge in [-0.2, -0.15) is 0 Å². The highest BCUT2D eigenvalue weighted by Gasteiger charge is 1.68. The fourth-order valence-electron chi connectivity index (χ4n) is 0.276. The molecule has 0 heterocycles. The van der Waals surface area contributed by atoms with Crippen molar-refractivity contribution in [3.05, 3.63) is 24.2 Å². The maximum absolute atomic E-state index is 5.30. The van der Waals surface area contributed by atoms with E-state index in [-0.39, 0.29) is 0 Å². The second-order valence-electron chi connectivity index (χ2n) is 1.56. The fraction of sp³-hybridized carbons (Fsp3) is 0.333. The Bertz CT molecular complexity index is 99.1. The molecule has 2 heteroatoms. The Kier molecular flexibility index (Phi) is 3.76. The lowest BCUT2D eigenvalue weighted by Crippen LogP contribution is -1.99. The van der Waals surface area contributed by atoms with E-state index in [0.29, 0.717) is 0 Å². The van der Waals surface area contributed by atoms with E-state index in [9.17, 15) is 0 Å². The third-order valence-corrected chi connectivity index (χ3v) is 0.574. The smallest absolute Gasteiger partial charge is 0.0212 e. The molecule has 0 rings (SSSR count). The van der Waals surface area contributed by atoms with Crippen LogP contribution in [-0.4, -0.2) is 0 Å². The maximum atomic E-state index is 5.30. The van der Waals surface area contributed by atoms with Gasteiger partial charge < -0.3 is 11.1 Å². The first-order chi connectivity index (χ1) is 3.77. The molecule has 0 unspecified atom stereocenters. The molecule has 0 aromatic rings. The largest absolute Gasteiger partial charge is 0.401 e. The highest BCUT2D eigenvalue weighted by atomic mass is 14.8. The Balaban J connectivity index is 3.30. The Morgan fingerprint density at radius 1 is 1.62 bits per heavy atom. The summed E-state index contributed by atoms with van der Waals surface area (Å²) < 4.78 is 0. The van der Waals surface area contributed by atoms with Gasteiger partial charge in [0.05, 0.1) is 0 Å². The van der Waals surface area contributed by atoms with Gasteiger partial charge in [-0.25, -0.2) is 0 Å². The van der Waals surface area contributed by atoms with E-state index >= 15 is 0 Å². The van der Waals surface area contributed by atoms with Gasteiger partial charge in [0.1, 0.15) is 0 Å². The van der Waals surface area contributed by atoms with Crippen LogP contribution < -0.4 is 11.1 Å². The number of hydrogen-bond donors (Lipinski definition) is 2. The Morgan fingerprint density at radius 3 is 2.62 bits per heavy atom. The van der Waals surface area contributed by atoms with Crippen molar-refractivity contribution < 1.29 is 0 Å². The minimum Gasteiger partial charge on any atom is -0.401 e. The molecule has 0 aliphatic carbocycles. The first-order valence-corrected chi connectivity index (χ1v) is 2.57. The molecule has 0 atom stereocenters. The van der Waals surface area contributed by atoms with Crippen molar-refractivity contribution in [2.45, 2.75) is 13.8 Å². The molecule has 0 radical (unpaired) electrons. The molecule has 0 fully saturated rings. The van der Waals surface area contributed by atoms with Crippen LogP contribution in [0.5, 0.6) is 0 Å². The lowest BCUT2D eigenvalue weighted by atomic mass is 10.5. The zero-order valence-electron chi connectivity index (χ0n) is 5.31. The van der Waals surface area contributed by atoms with Crippen LogP contribution in [-0.2, 0) is 0 Å². The van der Waals surface area contributed by atoms with Crippen molar-refractivity contribution >= 4 is 0 Å². The zero-order chi connectivity index (χ0) is 6.41. The highest BCUT2D eigenvalue weighted by molar-refractivity contribution is 4.93. The van der Waals surface area contributed by atoms with Crippen LogP contribution in [0.25, 0.3) is 0 Å². The van der Waals surface area contributed by atoms with Crippen molar-refractivity contribution in [2.24, 2.45) is 5.73 Å². The molecule has 46 valence electrons. The summed E-state index contributed by atoms with van der Waals surface area (Å²) in [5, 5.41) is 2.87. The average Bonchev–Trinajstić information content (AvgIpc) is 1.66. The van der Waals surface area contributed by atoms with E-state index in [1.807, 2.05) is 26.1 Å². The topological polar surface area (TPSA) is 38.0 Å². The van der Waals surface area contributed by atoms with Gasteiger partial charge in [-0.1, -0.05) is 6.08 Å². The van der Waals surface area contributed by atoms with Crippen molar-refractivity contribution in [1.82, 2.24) is 5.32 Å². The summed E-state index contributed by atoms with van der Waals surface area (Å²) in [7, 11) is 0. The zero-order valence-corrected chi connectivity index (χ0v) is 5.31. The Labute approximate surface area is 50.1 Å². The minimum absolute atomic E-state index is 0.781. The minimum atomic E-state index is 0.781. The normalized spacial score (nSPS) is 12.5. The standard InChI is InChI=1S/C6H12N2/c1-3-4-8-5-6(2)7/h3-5,8H,7H2,1-2H3/b4-3+,6-5-. The molecular formula is C6H12N2. The average molecular weight is 112 g/mol. The SMILES string of the molecule is C/C=C/N/C=C(/C)N. The summed E-state index contributed by atoms with van der Waals surface area (Å²) in [6.45, 7) is 3.77. The lowest BCUT2D eigenvalue weighted by molar-refractivity contribution is 1.12. The summed E-state index contributed by atoms with van der Waals surface area (Å²) in [4.78, 5) is 0. The molecule has 0 aromatic carbocycles. The molecule has 0 amide bonds. The third kappa shape index (κ3) is 5.08. The number of nitrogens with two attached hydrogens (primary N) is 1. The first-order valence-electron chi connectivity index (χ1n) is 2.57. The predicted molar refractivity (Wildman–Crippen MR) is 35.9 cm³/mol. The summed E-state index contributed by atoms with van der Waals surface area (Å²) in [5.74, 6) is 0. The fourth-order valence-corrected chi connectivity index (χ4v) is 0.276. The molecule has 0 bridgehead atoms. The Morgan fingerprint density at radius 2 is 2.25 bits per heavy atom. The molecule has 0 aliphatic heterocycles. The van der Waals surface area contributed by atoms with Crippen molar-refractivity contribution in [2.75, 3.05) is 0 Å². The van der Waals surface area contributed by atoms with E-state index in [4.69, 9.17) is 5.73 Å². The number of nitrogens with one attached hydrogen (secondary N) is 1. The second kappa shape index (κ2) is 4.24. The summed E-state index contributed by atoms with van der Waals surface area (Å²) in [5.41, 5.74) is 6.08. The monoisotopic (exact) mass is 112 g/mol. The quantitative estimate of drug-likeness (QED) is 0.557. The van der Waals surface area contributed by atoms with Crippen LogP contribution in [0.4, 0.5) is 0 Å². The van der Waals surface area contributed by atoms with Crippen LogP contribution in [0, 0.1) is 0 Å². The van der Waals surface area contributed by atoms with Crippen LogP contribution in [0.1, 0.15) is 13.8 Å². The van der Waals surface area contributed by atoms with Gasteiger partial charge >= 0.3 is 0 Å². The first kappa shape index (κ1) is 7.08. The second-order valence-corrected chi connectivity index (χ2v) is 1.56. The molecule has 0 aliphatic rings. The molecule has 8 heavy (non-hydrogen) atoms. The van der Waals surface area contributed by atoms with E-state index in [2.05, 4.69) is 5.32 Å².